The first-order valence-electron chi connectivity index (χ1n) is 9.48. The largest absolute Gasteiger partial charge is 0.494 e. The molecule has 0 aliphatic rings. The minimum absolute atomic E-state index is 0.302. The van der Waals surface area contributed by atoms with Crippen LogP contribution in [0.25, 0.3) is 15.9 Å². The first-order valence-corrected chi connectivity index (χ1v) is 10.3. The van der Waals surface area contributed by atoms with Gasteiger partial charge in [-0.1, -0.05) is 29.5 Å². The van der Waals surface area contributed by atoms with Gasteiger partial charge in [-0.2, -0.15) is 5.10 Å². The zero-order chi connectivity index (χ0) is 21.3. The van der Waals surface area contributed by atoms with Crippen molar-refractivity contribution in [3.8, 4) is 11.4 Å². The lowest BCUT2D eigenvalue weighted by atomic mass is 10.1. The summed E-state index contributed by atoms with van der Waals surface area (Å²) in [6.07, 6.45) is 0. The summed E-state index contributed by atoms with van der Waals surface area (Å²) >= 11 is 1.29. The van der Waals surface area contributed by atoms with E-state index < -0.39 is 11.7 Å². The third-order valence-corrected chi connectivity index (χ3v) is 5.55. The number of ketones is 1. The average molecular weight is 420 g/mol. The number of para-hydroxylation sites is 1. The summed E-state index contributed by atoms with van der Waals surface area (Å²) in [5.41, 5.74) is 2.98. The predicted octanol–water partition coefficient (Wildman–Crippen LogP) is 4.32. The molecule has 0 fully saturated rings. The molecule has 0 radical (unpaired) electrons. The highest BCUT2D eigenvalue weighted by Gasteiger charge is 2.26. The Balaban J connectivity index is 1.58. The van der Waals surface area contributed by atoms with Crippen LogP contribution in [0.1, 0.15) is 28.7 Å². The number of rotatable bonds is 6. The molecular weight excluding hydrogens is 400 g/mol. The Morgan fingerprint density at radius 2 is 1.90 bits per heavy atom. The van der Waals surface area contributed by atoms with Gasteiger partial charge >= 0.3 is 0 Å². The molecule has 0 saturated carbocycles. The summed E-state index contributed by atoms with van der Waals surface area (Å²) in [4.78, 5) is 29.9. The Bertz CT molecular complexity index is 1240. The number of ether oxygens (including phenoxy) is 1. The van der Waals surface area contributed by atoms with Crippen LogP contribution in [-0.4, -0.2) is 33.1 Å². The highest BCUT2D eigenvalue weighted by atomic mass is 32.1. The van der Waals surface area contributed by atoms with Crippen molar-refractivity contribution >= 4 is 38.4 Å². The normalized spacial score (nSPS) is 10.9. The van der Waals surface area contributed by atoms with Crippen molar-refractivity contribution in [1.82, 2.24) is 14.8 Å². The highest BCUT2D eigenvalue weighted by Crippen LogP contribution is 2.29. The first-order chi connectivity index (χ1) is 14.5. The number of aryl methyl sites for hydroxylation is 1. The molecular formula is C22H20N4O3S. The van der Waals surface area contributed by atoms with Crippen LogP contribution in [0.3, 0.4) is 0 Å². The monoisotopic (exact) mass is 420 g/mol. The van der Waals surface area contributed by atoms with E-state index in [9.17, 15) is 9.59 Å². The van der Waals surface area contributed by atoms with Crippen LogP contribution in [-0.2, 0) is 4.79 Å². The molecule has 0 unspecified atom stereocenters. The number of nitrogens with zero attached hydrogens (tertiary/aromatic N) is 3. The molecule has 30 heavy (non-hydrogen) atoms. The van der Waals surface area contributed by atoms with Crippen LogP contribution in [0.2, 0.25) is 0 Å². The fraction of sp³-hybridized carbons (Fsp3) is 0.182. The van der Waals surface area contributed by atoms with E-state index in [1.807, 2.05) is 55.5 Å². The van der Waals surface area contributed by atoms with E-state index in [2.05, 4.69) is 15.4 Å². The first kappa shape index (κ1) is 19.8. The number of anilines is 1. The highest BCUT2D eigenvalue weighted by molar-refractivity contribution is 7.22. The fourth-order valence-corrected chi connectivity index (χ4v) is 4.16. The Labute approximate surface area is 177 Å². The van der Waals surface area contributed by atoms with Gasteiger partial charge in [0.25, 0.3) is 11.7 Å². The van der Waals surface area contributed by atoms with Crippen molar-refractivity contribution < 1.29 is 14.3 Å². The fourth-order valence-electron chi connectivity index (χ4n) is 3.27. The number of aromatic nitrogens is 3. The van der Waals surface area contributed by atoms with Crippen LogP contribution in [0.4, 0.5) is 5.13 Å². The molecule has 152 valence electrons. The van der Waals surface area contributed by atoms with Crippen molar-refractivity contribution in [2.24, 2.45) is 0 Å². The van der Waals surface area contributed by atoms with E-state index >= 15 is 0 Å². The van der Waals surface area contributed by atoms with E-state index in [0.717, 1.165) is 21.7 Å². The molecule has 4 rings (SSSR count). The van der Waals surface area contributed by atoms with Crippen LogP contribution >= 0.6 is 11.3 Å². The lowest BCUT2D eigenvalue weighted by Crippen LogP contribution is -2.23. The van der Waals surface area contributed by atoms with Gasteiger partial charge in [-0.3, -0.25) is 14.9 Å². The minimum atomic E-state index is -0.738. The lowest BCUT2D eigenvalue weighted by molar-refractivity contribution is -0.112. The zero-order valence-corrected chi connectivity index (χ0v) is 17.6. The van der Waals surface area contributed by atoms with E-state index in [1.54, 1.807) is 18.5 Å². The zero-order valence-electron chi connectivity index (χ0n) is 16.8. The number of Topliss-reactive ketones (excluding diaryl/α,β-unsaturated/α-hetero) is 1. The Hall–Kier alpha value is -3.52. The van der Waals surface area contributed by atoms with Crippen LogP contribution in [0.15, 0.2) is 48.5 Å². The number of carbonyl (C=O) groups excluding carboxylic acids is 2. The number of amides is 1. The maximum Gasteiger partial charge on any atom is 0.298 e. The van der Waals surface area contributed by atoms with Crippen LogP contribution in [0.5, 0.6) is 5.75 Å². The third-order valence-electron chi connectivity index (χ3n) is 4.62. The maximum atomic E-state index is 12.9. The van der Waals surface area contributed by atoms with Gasteiger partial charge in [0.2, 0.25) is 0 Å². The SMILES string of the molecule is CCOc1ccc2nc(NC(=O)C(=O)c3c(C)nn(-c4ccccc4)c3C)sc2c1. The van der Waals surface area contributed by atoms with Gasteiger partial charge in [0.05, 0.1) is 39.5 Å². The number of hydrogen-bond acceptors (Lipinski definition) is 6. The molecule has 0 atom stereocenters. The van der Waals surface area contributed by atoms with E-state index in [0.29, 0.717) is 28.7 Å². The standard InChI is InChI=1S/C22H20N4O3S/c1-4-29-16-10-11-17-18(12-16)30-22(23-17)24-21(28)20(27)19-13(2)25-26(14(19)3)15-8-6-5-7-9-15/h5-12H,4H2,1-3H3,(H,23,24,28). The summed E-state index contributed by atoms with van der Waals surface area (Å²) in [6.45, 7) is 5.98. The number of carbonyl (C=O) groups is 2. The number of benzene rings is 2. The van der Waals surface area contributed by atoms with Crippen LogP contribution < -0.4 is 10.1 Å². The van der Waals surface area contributed by atoms with Crippen molar-refractivity contribution in [3.63, 3.8) is 0 Å². The summed E-state index contributed by atoms with van der Waals surface area (Å²) in [6, 6.07) is 15.0. The Morgan fingerprint density at radius 1 is 1.13 bits per heavy atom. The smallest absolute Gasteiger partial charge is 0.298 e. The van der Waals surface area contributed by atoms with E-state index in [4.69, 9.17) is 4.74 Å². The number of fused-ring (bicyclic) bond motifs is 1. The number of thiazole rings is 1. The quantitative estimate of drug-likeness (QED) is 0.371. The van der Waals surface area contributed by atoms with Gasteiger partial charge in [-0.25, -0.2) is 9.67 Å². The van der Waals surface area contributed by atoms with E-state index in [1.165, 1.54) is 11.3 Å². The Kier molecular flexibility index (Phi) is 5.33. The molecule has 0 bridgehead atoms. The van der Waals surface area contributed by atoms with Gasteiger partial charge < -0.3 is 4.74 Å². The van der Waals surface area contributed by atoms with Gasteiger partial charge in [-0.15, -0.1) is 0 Å². The minimum Gasteiger partial charge on any atom is -0.494 e. The predicted molar refractivity (Wildman–Crippen MR) is 117 cm³/mol. The average Bonchev–Trinajstić information content (AvgIpc) is 3.27. The van der Waals surface area contributed by atoms with Gasteiger partial charge in [-0.05, 0) is 51.1 Å². The molecule has 0 aliphatic carbocycles. The maximum absolute atomic E-state index is 12.9. The molecule has 0 saturated heterocycles. The molecule has 7 nitrogen and oxygen atoms in total. The molecule has 2 aromatic carbocycles. The summed E-state index contributed by atoms with van der Waals surface area (Å²) in [5.74, 6) is -0.637. The lowest BCUT2D eigenvalue weighted by Gasteiger charge is -2.05. The van der Waals surface area contributed by atoms with Crippen LogP contribution in [0, 0.1) is 13.8 Å². The van der Waals surface area contributed by atoms with Gasteiger partial charge in [0.15, 0.2) is 5.13 Å². The summed E-state index contributed by atoms with van der Waals surface area (Å²) in [5, 5.41) is 7.43. The molecule has 4 aromatic rings. The second-order valence-corrected chi connectivity index (χ2v) is 7.69. The van der Waals surface area contributed by atoms with Crippen molar-refractivity contribution in [3.05, 3.63) is 65.5 Å². The summed E-state index contributed by atoms with van der Waals surface area (Å²) in [7, 11) is 0. The summed E-state index contributed by atoms with van der Waals surface area (Å²) < 4.78 is 8.03. The second kappa shape index (κ2) is 8.08. The second-order valence-electron chi connectivity index (χ2n) is 6.66. The Morgan fingerprint density at radius 3 is 2.63 bits per heavy atom. The van der Waals surface area contributed by atoms with Crippen molar-refractivity contribution in [2.75, 3.05) is 11.9 Å². The molecule has 0 aliphatic heterocycles. The third kappa shape index (κ3) is 3.69. The number of hydrogen-bond donors (Lipinski definition) is 1. The molecule has 8 heteroatoms. The molecule has 1 amide bonds. The topological polar surface area (TPSA) is 86.1 Å². The molecule has 1 N–H and O–H groups in total. The number of nitrogens with one attached hydrogen (secondary N) is 1. The van der Waals surface area contributed by atoms with E-state index in [-0.39, 0.29) is 0 Å². The van der Waals surface area contributed by atoms with Crippen molar-refractivity contribution in [2.45, 2.75) is 20.8 Å². The van der Waals surface area contributed by atoms with Gasteiger partial charge in [0.1, 0.15) is 5.75 Å². The van der Waals surface area contributed by atoms with Crippen molar-refractivity contribution in [1.29, 1.82) is 0 Å². The molecule has 2 heterocycles. The molecule has 2 aromatic heterocycles. The van der Waals surface area contributed by atoms with Gasteiger partial charge in [0, 0.05) is 0 Å². The molecule has 0 spiro atoms.